The quantitative estimate of drug-likeness (QED) is 0.511. The van der Waals surface area contributed by atoms with Gasteiger partial charge in [-0.15, -0.1) is 4.13 Å². The van der Waals surface area contributed by atoms with Gasteiger partial charge in [0.05, 0.1) is 11.5 Å². The first-order chi connectivity index (χ1) is 11.6. The van der Waals surface area contributed by atoms with Gasteiger partial charge in [0, 0.05) is 33.1 Å². The molecule has 0 aromatic carbocycles. The monoisotopic (exact) mass is 445 g/mol. The van der Waals surface area contributed by atoms with Crippen molar-refractivity contribution in [1.29, 1.82) is 0 Å². The van der Waals surface area contributed by atoms with Crippen molar-refractivity contribution in [2.24, 2.45) is 0 Å². The zero-order valence-corrected chi connectivity index (χ0v) is 16.0. The molecule has 0 spiro atoms. The molecule has 1 saturated heterocycles. The van der Waals surface area contributed by atoms with Gasteiger partial charge in [-0.1, -0.05) is 0 Å². The predicted octanol–water partition coefficient (Wildman–Crippen LogP) is -1.36. The Morgan fingerprint density at radius 3 is 1.88 bits per heavy atom. The highest BCUT2D eigenvalue weighted by molar-refractivity contribution is 8.05. The van der Waals surface area contributed by atoms with Crippen molar-refractivity contribution in [1.82, 2.24) is 13.3 Å². The average molecular weight is 445 g/mol. The van der Waals surface area contributed by atoms with Gasteiger partial charge in [0.15, 0.2) is 0 Å². The Balaban J connectivity index is 2.60. The summed E-state index contributed by atoms with van der Waals surface area (Å²) in [6, 6.07) is 0. The molecule has 1 amide bonds. The maximum atomic E-state index is 12.2. The molecule has 0 aromatic heterocycles. The van der Waals surface area contributed by atoms with E-state index >= 15 is 0 Å². The lowest BCUT2D eigenvalue weighted by Gasteiger charge is -2.33. The van der Waals surface area contributed by atoms with Crippen molar-refractivity contribution in [2.75, 3.05) is 37.7 Å². The third-order valence-electron chi connectivity index (χ3n) is 3.43. The molecule has 1 rings (SSSR count). The van der Waals surface area contributed by atoms with Crippen molar-refractivity contribution in [3.63, 3.8) is 0 Å². The van der Waals surface area contributed by atoms with Gasteiger partial charge >= 0.3 is 15.5 Å². The Bertz CT molecular complexity index is 829. The molecule has 16 heteroatoms. The number of nitrogens with one attached hydrogen (secondary N) is 1. The molecule has 0 saturated carbocycles. The summed E-state index contributed by atoms with van der Waals surface area (Å²) in [7, 11) is -14.9. The number of carbonyl (C=O) groups excluding carboxylic acids is 1. The summed E-state index contributed by atoms with van der Waals surface area (Å²) in [6.07, 6.45) is -0.599. The van der Waals surface area contributed by atoms with E-state index < -0.39 is 53.5 Å². The highest BCUT2D eigenvalue weighted by atomic mass is 32.3. The van der Waals surface area contributed by atoms with Crippen molar-refractivity contribution < 1.29 is 43.2 Å². The Morgan fingerprint density at radius 1 is 0.962 bits per heavy atom. The Morgan fingerprint density at radius 2 is 1.46 bits per heavy atom. The van der Waals surface area contributed by atoms with E-state index in [0.29, 0.717) is 4.13 Å². The van der Waals surface area contributed by atoms with Crippen LogP contribution >= 0.6 is 0 Å². The lowest BCUT2D eigenvalue weighted by Crippen LogP contribution is -2.50. The van der Waals surface area contributed by atoms with E-state index in [2.05, 4.69) is 0 Å². The van der Waals surface area contributed by atoms with Gasteiger partial charge in [-0.3, -0.25) is 4.79 Å². The number of carbonyl (C=O) groups is 1. The van der Waals surface area contributed by atoms with Crippen LogP contribution in [0.3, 0.4) is 0 Å². The second-order valence-corrected chi connectivity index (χ2v) is 11.3. The minimum Gasteiger partial charge on any atom is -0.340 e. The molecule has 1 aliphatic rings. The third kappa shape index (κ3) is 6.33. The molecule has 0 radical (unpaired) electrons. The molecule has 0 aromatic rings. The minimum atomic E-state index is -6.09. The van der Waals surface area contributed by atoms with Crippen LogP contribution < -0.4 is 4.13 Å². The number of piperazine rings is 1. The fourth-order valence-electron chi connectivity index (χ4n) is 2.10. The van der Waals surface area contributed by atoms with E-state index in [4.69, 9.17) is 0 Å². The highest BCUT2D eigenvalue weighted by Crippen LogP contribution is 2.22. The summed E-state index contributed by atoms with van der Waals surface area (Å²) in [5.41, 5.74) is -5.80. The van der Waals surface area contributed by atoms with Crippen LogP contribution in [0.25, 0.3) is 0 Å². The largest absolute Gasteiger partial charge is 0.512 e. The molecule has 0 atom stereocenters. The number of rotatable bonds is 7. The van der Waals surface area contributed by atoms with Crippen LogP contribution in [0.1, 0.15) is 13.3 Å². The first kappa shape index (κ1) is 23.1. The maximum absolute atomic E-state index is 12.2. The molecule has 10 nitrogen and oxygen atoms in total. The van der Waals surface area contributed by atoms with Gasteiger partial charge in [-0.05, 0) is 6.42 Å². The van der Waals surface area contributed by atoms with E-state index in [1.54, 1.807) is 0 Å². The summed E-state index contributed by atoms with van der Waals surface area (Å²) >= 11 is 0. The van der Waals surface area contributed by atoms with Crippen LogP contribution in [0.15, 0.2) is 0 Å². The van der Waals surface area contributed by atoms with Gasteiger partial charge in [0.25, 0.3) is 0 Å². The number of alkyl halides is 3. The molecular formula is C10H18F3N3O7S3. The topological polar surface area (TPSA) is 138 Å². The predicted molar refractivity (Wildman–Crippen MR) is 84.1 cm³/mol. The molecule has 0 bridgehead atoms. The minimum absolute atomic E-state index is 0.00929. The second kappa shape index (κ2) is 7.95. The Labute approximate surface area is 149 Å². The van der Waals surface area contributed by atoms with Gasteiger partial charge in [0.2, 0.25) is 26.0 Å². The van der Waals surface area contributed by atoms with Gasteiger partial charge < -0.3 is 4.90 Å². The molecule has 0 aliphatic carbocycles. The molecular weight excluding hydrogens is 427 g/mol. The first-order valence-corrected chi connectivity index (χ1v) is 11.9. The van der Waals surface area contributed by atoms with Crippen LogP contribution in [0, 0.1) is 0 Å². The van der Waals surface area contributed by atoms with Crippen LogP contribution in [-0.4, -0.2) is 83.6 Å². The van der Waals surface area contributed by atoms with Crippen molar-refractivity contribution in [3.05, 3.63) is 0 Å². The lowest BCUT2D eigenvalue weighted by molar-refractivity contribution is -0.129. The highest BCUT2D eigenvalue weighted by Gasteiger charge is 2.48. The van der Waals surface area contributed by atoms with E-state index in [1.807, 2.05) is 0 Å². The number of halogens is 3. The normalized spacial score (nSPS) is 18.1. The number of sulfonamides is 3. The molecule has 1 fully saturated rings. The lowest BCUT2D eigenvalue weighted by atomic mass is 10.3. The standard InChI is InChI=1S/C10H18F3N3O7S3/c1-9(17)15-3-5-16(6-4-15)25(20,21)8-2-7-24(18,19)14-26(22,23)10(11,12)13/h14H,2-8H2,1H3. The fraction of sp³-hybridized carbons (Fsp3) is 0.900. The molecule has 1 aliphatic heterocycles. The summed E-state index contributed by atoms with van der Waals surface area (Å²) < 4.78 is 107. The van der Waals surface area contributed by atoms with E-state index in [-0.39, 0.29) is 32.1 Å². The SMILES string of the molecule is CC(=O)N1CCN(S(=O)(=O)CCCS(=O)(=O)NS(=O)(=O)C(F)(F)F)CC1. The Kier molecular flexibility index (Phi) is 7.06. The van der Waals surface area contributed by atoms with E-state index in [1.165, 1.54) is 11.8 Å². The molecule has 1 heterocycles. The zero-order valence-electron chi connectivity index (χ0n) is 13.6. The van der Waals surface area contributed by atoms with Gasteiger partial charge in [0.1, 0.15) is 0 Å². The average Bonchev–Trinajstić information content (AvgIpc) is 2.44. The summed E-state index contributed by atoms with van der Waals surface area (Å²) in [5.74, 6) is -2.03. The number of hydrogen-bond donors (Lipinski definition) is 1. The van der Waals surface area contributed by atoms with Crippen LogP contribution in [0.4, 0.5) is 13.2 Å². The first-order valence-electron chi connectivity index (χ1n) is 7.13. The van der Waals surface area contributed by atoms with Crippen molar-refractivity contribution in [3.8, 4) is 0 Å². The summed E-state index contributed by atoms with van der Waals surface area (Å²) in [4.78, 5) is 12.6. The number of nitrogens with zero attached hydrogens (tertiary/aromatic N) is 2. The molecule has 154 valence electrons. The second-order valence-electron chi connectivity index (χ2n) is 5.43. The number of amides is 1. The third-order valence-corrected chi connectivity index (χ3v) is 8.72. The van der Waals surface area contributed by atoms with Crippen molar-refractivity contribution in [2.45, 2.75) is 18.9 Å². The van der Waals surface area contributed by atoms with Crippen LogP contribution in [0.2, 0.25) is 0 Å². The zero-order chi connectivity index (χ0) is 20.4. The Hall–Kier alpha value is -0.970. The smallest absolute Gasteiger partial charge is 0.340 e. The number of hydrogen-bond acceptors (Lipinski definition) is 7. The van der Waals surface area contributed by atoms with Crippen LogP contribution in [-0.2, 0) is 34.9 Å². The van der Waals surface area contributed by atoms with Gasteiger partial charge in [-0.25, -0.2) is 25.3 Å². The molecule has 26 heavy (non-hydrogen) atoms. The fourth-order valence-corrected chi connectivity index (χ4v) is 6.34. The maximum Gasteiger partial charge on any atom is 0.512 e. The van der Waals surface area contributed by atoms with E-state index in [0.717, 1.165) is 4.31 Å². The van der Waals surface area contributed by atoms with Crippen LogP contribution in [0.5, 0.6) is 0 Å². The molecule has 0 unspecified atom stereocenters. The van der Waals surface area contributed by atoms with E-state index in [9.17, 15) is 43.2 Å². The summed E-state index contributed by atoms with van der Waals surface area (Å²) in [6.45, 7) is 1.68. The van der Waals surface area contributed by atoms with Crippen molar-refractivity contribution >= 4 is 36.0 Å². The molecule has 1 N–H and O–H groups in total. The summed E-state index contributed by atoms with van der Waals surface area (Å²) in [5, 5.41) is 0. The van der Waals surface area contributed by atoms with Gasteiger partial charge in [-0.2, -0.15) is 17.5 Å².